The summed E-state index contributed by atoms with van der Waals surface area (Å²) in [6.45, 7) is 1.07. The largest absolute Gasteiger partial charge is 0.298 e. The Balaban J connectivity index is 2.39. The average molecular weight is 219 g/mol. The number of hydrogen-bond acceptors (Lipinski definition) is 4. The van der Waals surface area contributed by atoms with Gasteiger partial charge in [-0.2, -0.15) is 10.4 Å². The van der Waals surface area contributed by atoms with Crippen LogP contribution in [-0.2, 0) is 7.05 Å². The van der Waals surface area contributed by atoms with Gasteiger partial charge < -0.3 is 0 Å². The number of aromatic nitrogens is 2. The van der Waals surface area contributed by atoms with Gasteiger partial charge >= 0.3 is 0 Å². The summed E-state index contributed by atoms with van der Waals surface area (Å²) >= 11 is 0. The van der Waals surface area contributed by atoms with E-state index >= 15 is 0 Å². The van der Waals surface area contributed by atoms with Crippen LogP contribution < -0.4 is 5.32 Å². The first kappa shape index (κ1) is 12.0. The van der Waals surface area contributed by atoms with Crippen molar-refractivity contribution in [1.29, 1.82) is 5.26 Å². The maximum Gasteiger partial charge on any atom is 0.124 e. The molecule has 1 unspecified atom stereocenters. The third-order valence-electron chi connectivity index (χ3n) is 2.03. The van der Waals surface area contributed by atoms with E-state index in [1.807, 2.05) is 0 Å². The van der Waals surface area contributed by atoms with Crippen molar-refractivity contribution in [1.82, 2.24) is 15.1 Å². The molecule has 1 heterocycles. The second kappa shape index (κ2) is 6.45. The summed E-state index contributed by atoms with van der Waals surface area (Å²) in [6.07, 6.45) is 4.17. The Morgan fingerprint density at radius 1 is 1.81 bits per heavy atom. The summed E-state index contributed by atoms with van der Waals surface area (Å²) in [4.78, 5) is 2.65. The van der Waals surface area contributed by atoms with Gasteiger partial charge in [-0.05, 0) is 18.5 Å². The highest BCUT2D eigenvalue weighted by atomic mass is 15.2. The van der Waals surface area contributed by atoms with Crippen LogP contribution >= 0.6 is 0 Å². The lowest BCUT2D eigenvalue weighted by molar-refractivity contribution is 0.607. The van der Waals surface area contributed by atoms with Crippen molar-refractivity contribution in [3.8, 4) is 6.07 Å². The third kappa shape index (κ3) is 3.61. The van der Waals surface area contributed by atoms with Crippen molar-refractivity contribution in [2.45, 2.75) is 12.5 Å². The Morgan fingerprint density at radius 3 is 3.19 bits per heavy atom. The monoisotopic (exact) mass is 219 g/mol. The van der Waals surface area contributed by atoms with Gasteiger partial charge in [0.05, 0.1) is 12.3 Å². The third-order valence-corrected chi connectivity index (χ3v) is 2.03. The number of aryl methyl sites for hydroxylation is 1. The first-order valence-corrected chi connectivity index (χ1v) is 4.90. The number of rotatable bonds is 6. The van der Waals surface area contributed by atoms with E-state index in [-0.39, 0.29) is 6.04 Å². The maximum atomic E-state index is 8.96. The smallest absolute Gasteiger partial charge is 0.124 e. The van der Waals surface area contributed by atoms with Gasteiger partial charge in [0.2, 0.25) is 0 Å². The lowest BCUT2D eigenvalue weighted by Crippen LogP contribution is -2.21. The highest BCUT2D eigenvalue weighted by Crippen LogP contribution is 2.09. The maximum absolute atomic E-state index is 8.96. The van der Waals surface area contributed by atoms with E-state index in [4.69, 9.17) is 10.8 Å². The second-order valence-corrected chi connectivity index (χ2v) is 3.27. The molecule has 0 aliphatic heterocycles. The molecule has 0 amide bonds. The highest BCUT2D eigenvalue weighted by molar-refractivity contribution is 5.17. The van der Waals surface area contributed by atoms with Crippen LogP contribution in [0.4, 0.5) is 0 Å². The van der Waals surface area contributed by atoms with E-state index in [1.165, 1.54) is 0 Å². The van der Waals surface area contributed by atoms with Gasteiger partial charge in [0.25, 0.3) is 0 Å². The molecule has 1 rings (SSSR count). The number of nitriles is 1. The van der Waals surface area contributed by atoms with Gasteiger partial charge in [-0.25, -0.2) is 0 Å². The minimum absolute atomic E-state index is 0.361. The molecular formula is C9H13N7. The molecule has 16 heavy (non-hydrogen) atoms. The Labute approximate surface area is 93.3 Å². The molecule has 0 radical (unpaired) electrons. The van der Waals surface area contributed by atoms with E-state index in [2.05, 4.69) is 26.5 Å². The summed E-state index contributed by atoms with van der Waals surface area (Å²) in [5.41, 5.74) is 8.92. The molecule has 0 aliphatic rings. The number of nitrogens with zero attached hydrogens (tertiary/aromatic N) is 6. The van der Waals surface area contributed by atoms with Crippen LogP contribution in [0.5, 0.6) is 0 Å². The molecule has 0 aromatic carbocycles. The van der Waals surface area contributed by atoms with Crippen LogP contribution in [0, 0.1) is 11.3 Å². The molecule has 1 aromatic rings. The lowest BCUT2D eigenvalue weighted by atomic mass is 10.2. The second-order valence-electron chi connectivity index (χ2n) is 3.27. The first-order chi connectivity index (χ1) is 7.77. The predicted octanol–water partition coefficient (Wildman–Crippen LogP) is 1.27. The quantitative estimate of drug-likeness (QED) is 0.337. The molecule has 1 aromatic heterocycles. The van der Waals surface area contributed by atoms with Crippen LogP contribution in [0.1, 0.15) is 18.0 Å². The van der Waals surface area contributed by atoms with Crippen molar-refractivity contribution < 1.29 is 0 Å². The van der Waals surface area contributed by atoms with Crippen molar-refractivity contribution >= 4 is 0 Å². The molecule has 0 spiro atoms. The van der Waals surface area contributed by atoms with Gasteiger partial charge in [-0.3, -0.25) is 10.00 Å². The fourth-order valence-electron chi connectivity index (χ4n) is 1.27. The minimum Gasteiger partial charge on any atom is -0.298 e. The Bertz CT molecular complexity index is 410. The molecule has 7 heteroatoms. The normalized spacial score (nSPS) is 11.5. The number of azide groups is 1. The molecule has 0 aliphatic carbocycles. The summed E-state index contributed by atoms with van der Waals surface area (Å²) in [5.74, 6) is 0. The van der Waals surface area contributed by atoms with E-state index < -0.39 is 0 Å². The minimum atomic E-state index is -0.361. The van der Waals surface area contributed by atoms with Gasteiger partial charge in [-0.1, -0.05) is 5.11 Å². The van der Waals surface area contributed by atoms with Crippen molar-refractivity contribution in [2.75, 3.05) is 13.1 Å². The van der Waals surface area contributed by atoms with Gasteiger partial charge in [0.1, 0.15) is 6.04 Å². The zero-order valence-electron chi connectivity index (χ0n) is 9.04. The average Bonchev–Trinajstić information content (AvgIpc) is 2.70. The summed E-state index contributed by atoms with van der Waals surface area (Å²) in [6, 6.07) is 1.79. The number of nitrogens with one attached hydrogen (secondary N) is 1. The summed E-state index contributed by atoms with van der Waals surface area (Å²) < 4.78 is 1.65. The SMILES string of the molecule is Cn1cc(C(C#N)NCCCN=[N+]=[N-])cn1. The van der Waals surface area contributed by atoms with Crippen LogP contribution in [0.3, 0.4) is 0 Å². The van der Waals surface area contributed by atoms with Crippen molar-refractivity contribution in [3.63, 3.8) is 0 Å². The van der Waals surface area contributed by atoms with Gasteiger partial charge in [-0.15, -0.1) is 0 Å². The Kier molecular flexibility index (Phi) is 4.86. The molecule has 1 atom stereocenters. The highest BCUT2D eigenvalue weighted by Gasteiger charge is 2.10. The van der Waals surface area contributed by atoms with Crippen molar-refractivity contribution in [3.05, 3.63) is 28.4 Å². The Morgan fingerprint density at radius 2 is 2.62 bits per heavy atom. The lowest BCUT2D eigenvalue weighted by Gasteiger charge is -2.08. The molecule has 0 saturated carbocycles. The van der Waals surface area contributed by atoms with Gasteiger partial charge in [0, 0.05) is 30.3 Å². The molecule has 0 fully saturated rings. The van der Waals surface area contributed by atoms with Crippen LogP contribution in [0.15, 0.2) is 17.5 Å². The first-order valence-electron chi connectivity index (χ1n) is 4.90. The van der Waals surface area contributed by atoms with Crippen LogP contribution in [0.2, 0.25) is 0 Å². The molecule has 84 valence electrons. The molecular weight excluding hydrogens is 206 g/mol. The topological polar surface area (TPSA) is 102 Å². The van der Waals surface area contributed by atoms with Crippen molar-refractivity contribution in [2.24, 2.45) is 12.2 Å². The predicted molar refractivity (Wildman–Crippen MR) is 58.2 cm³/mol. The van der Waals surface area contributed by atoms with E-state index in [0.717, 1.165) is 5.56 Å². The Hall–Kier alpha value is -2.03. The van der Waals surface area contributed by atoms with E-state index in [9.17, 15) is 0 Å². The van der Waals surface area contributed by atoms with E-state index in [0.29, 0.717) is 19.5 Å². The standard InChI is InChI=1S/C9H13N7/c1-16-7-8(6-14-16)9(5-10)12-3-2-4-13-15-11/h6-7,9,12H,2-4H2,1H3. The molecule has 1 N–H and O–H groups in total. The van der Waals surface area contributed by atoms with Gasteiger partial charge in [0.15, 0.2) is 0 Å². The molecule has 7 nitrogen and oxygen atoms in total. The van der Waals surface area contributed by atoms with E-state index in [1.54, 1.807) is 24.1 Å². The fourth-order valence-corrected chi connectivity index (χ4v) is 1.27. The molecule has 0 bridgehead atoms. The summed E-state index contributed by atoms with van der Waals surface area (Å²) in [5, 5.41) is 19.4. The summed E-state index contributed by atoms with van der Waals surface area (Å²) in [7, 11) is 1.81. The zero-order valence-corrected chi connectivity index (χ0v) is 9.04. The molecule has 0 saturated heterocycles. The zero-order chi connectivity index (χ0) is 11.8. The number of hydrogen-bond donors (Lipinski definition) is 1. The van der Waals surface area contributed by atoms with Crippen LogP contribution in [0.25, 0.3) is 10.4 Å². The van der Waals surface area contributed by atoms with Crippen LogP contribution in [-0.4, -0.2) is 22.9 Å². The fraction of sp³-hybridized carbons (Fsp3) is 0.556.